The monoisotopic (exact) mass is 280 g/mol. The highest BCUT2D eigenvalue weighted by Crippen LogP contribution is 2.24. The fourth-order valence-electron chi connectivity index (χ4n) is 2.00. The zero-order chi connectivity index (χ0) is 13.0. The number of benzene rings is 1. The third-order valence-electron chi connectivity index (χ3n) is 3.03. The van der Waals surface area contributed by atoms with Crippen molar-refractivity contribution in [1.82, 2.24) is 9.97 Å². The van der Waals surface area contributed by atoms with Gasteiger partial charge < -0.3 is 4.98 Å². The Bertz CT molecular complexity index is 507. The molecule has 1 heterocycles. The van der Waals surface area contributed by atoms with Crippen molar-refractivity contribution in [3.8, 4) is 0 Å². The van der Waals surface area contributed by atoms with Gasteiger partial charge in [-0.1, -0.05) is 31.2 Å². The molecule has 1 unspecified atom stereocenters. The number of hydrogen-bond acceptors (Lipinski definition) is 3. The molecule has 0 aliphatic heterocycles. The van der Waals surface area contributed by atoms with E-state index in [0.717, 1.165) is 27.7 Å². The second kappa shape index (κ2) is 6.53. The molecule has 0 aliphatic carbocycles. The van der Waals surface area contributed by atoms with Gasteiger partial charge in [0.1, 0.15) is 0 Å². The average Bonchev–Trinajstić information content (AvgIpc) is 2.76. The van der Waals surface area contributed by atoms with Gasteiger partial charge in [0.05, 0.1) is 11.0 Å². The molecule has 4 heteroatoms. The van der Waals surface area contributed by atoms with Crippen LogP contribution in [0, 0.1) is 12.8 Å². The van der Waals surface area contributed by atoms with Gasteiger partial charge in [-0.2, -0.15) is 12.6 Å². The Morgan fingerprint density at radius 3 is 3.00 bits per heavy atom. The maximum atomic E-state index is 4.60. The van der Waals surface area contributed by atoms with Crippen molar-refractivity contribution in [3.63, 3.8) is 0 Å². The first-order valence-electron chi connectivity index (χ1n) is 6.43. The molecule has 0 saturated heterocycles. The summed E-state index contributed by atoms with van der Waals surface area (Å²) in [7, 11) is 0. The predicted molar refractivity (Wildman–Crippen MR) is 83.8 cm³/mol. The topological polar surface area (TPSA) is 28.7 Å². The summed E-state index contributed by atoms with van der Waals surface area (Å²) in [5.74, 6) is 2.73. The van der Waals surface area contributed by atoms with E-state index in [0.29, 0.717) is 5.92 Å². The van der Waals surface area contributed by atoms with E-state index in [1.165, 1.54) is 18.4 Å². The quantitative estimate of drug-likeness (QED) is 0.610. The molecule has 1 N–H and O–H groups in total. The minimum Gasteiger partial charge on any atom is -0.333 e. The number of nitrogens with one attached hydrogen (secondary N) is 1. The first-order chi connectivity index (χ1) is 8.72. The zero-order valence-corrected chi connectivity index (χ0v) is 12.7. The molecule has 0 saturated carbocycles. The van der Waals surface area contributed by atoms with Gasteiger partial charge in [0.25, 0.3) is 0 Å². The summed E-state index contributed by atoms with van der Waals surface area (Å²) in [4.78, 5) is 7.99. The normalized spacial score (nSPS) is 13.1. The zero-order valence-electron chi connectivity index (χ0n) is 10.9. The van der Waals surface area contributed by atoms with E-state index in [-0.39, 0.29) is 0 Å². The lowest BCUT2D eigenvalue weighted by Gasteiger charge is -2.10. The van der Waals surface area contributed by atoms with Gasteiger partial charge >= 0.3 is 0 Å². The number of aromatic nitrogens is 2. The van der Waals surface area contributed by atoms with Gasteiger partial charge in [0, 0.05) is 5.75 Å². The second-order valence-electron chi connectivity index (χ2n) is 4.71. The number of thioether (sulfide) groups is 1. The molecular weight excluding hydrogens is 260 g/mol. The number of H-pyrrole nitrogens is 1. The Kier molecular flexibility index (Phi) is 5.01. The van der Waals surface area contributed by atoms with Gasteiger partial charge in [0.2, 0.25) is 0 Å². The lowest BCUT2D eigenvalue weighted by atomic mass is 10.1. The Hall–Kier alpha value is -0.610. The van der Waals surface area contributed by atoms with Crippen LogP contribution in [0.2, 0.25) is 0 Å². The van der Waals surface area contributed by atoms with E-state index in [4.69, 9.17) is 0 Å². The van der Waals surface area contributed by atoms with E-state index in [1.807, 2.05) is 11.8 Å². The molecule has 18 heavy (non-hydrogen) atoms. The highest BCUT2D eigenvalue weighted by molar-refractivity contribution is 7.99. The molecule has 0 bridgehead atoms. The molecule has 0 radical (unpaired) electrons. The SMILES string of the molecule is CCCC(CS)CSc1nc2ccc(C)cc2[nH]1. The average molecular weight is 280 g/mol. The summed E-state index contributed by atoms with van der Waals surface area (Å²) in [6, 6.07) is 6.33. The number of thiol groups is 1. The molecule has 2 aromatic rings. The molecule has 1 aromatic carbocycles. The number of rotatable bonds is 6. The summed E-state index contributed by atoms with van der Waals surface area (Å²) in [5.41, 5.74) is 3.46. The molecular formula is C14H20N2S2. The lowest BCUT2D eigenvalue weighted by molar-refractivity contribution is 0.595. The van der Waals surface area contributed by atoms with Gasteiger partial charge in [-0.05, 0) is 42.7 Å². The molecule has 98 valence electrons. The van der Waals surface area contributed by atoms with E-state index >= 15 is 0 Å². The van der Waals surface area contributed by atoms with Crippen LogP contribution in [0.3, 0.4) is 0 Å². The Labute approximate surface area is 118 Å². The van der Waals surface area contributed by atoms with E-state index in [9.17, 15) is 0 Å². The summed E-state index contributed by atoms with van der Waals surface area (Å²) >= 11 is 6.22. The van der Waals surface area contributed by atoms with Crippen molar-refractivity contribution in [2.45, 2.75) is 31.8 Å². The van der Waals surface area contributed by atoms with Crippen LogP contribution in [-0.4, -0.2) is 21.5 Å². The highest BCUT2D eigenvalue weighted by atomic mass is 32.2. The van der Waals surface area contributed by atoms with E-state index in [2.05, 4.69) is 54.6 Å². The number of nitrogens with zero attached hydrogens (tertiary/aromatic N) is 1. The van der Waals surface area contributed by atoms with E-state index < -0.39 is 0 Å². The molecule has 0 amide bonds. The van der Waals surface area contributed by atoms with Crippen molar-refractivity contribution >= 4 is 35.4 Å². The third-order valence-corrected chi connectivity index (χ3v) is 4.65. The Balaban J connectivity index is 2.03. The van der Waals surface area contributed by atoms with Crippen LogP contribution < -0.4 is 0 Å². The number of aryl methyl sites for hydroxylation is 1. The molecule has 0 spiro atoms. The van der Waals surface area contributed by atoms with Crippen LogP contribution in [0.1, 0.15) is 25.3 Å². The van der Waals surface area contributed by atoms with Crippen molar-refractivity contribution in [2.24, 2.45) is 5.92 Å². The smallest absolute Gasteiger partial charge is 0.166 e. The van der Waals surface area contributed by atoms with Crippen molar-refractivity contribution in [3.05, 3.63) is 23.8 Å². The number of aromatic amines is 1. The first-order valence-corrected chi connectivity index (χ1v) is 8.04. The first kappa shape index (κ1) is 13.8. The minimum atomic E-state index is 0.679. The molecule has 1 atom stereocenters. The number of fused-ring (bicyclic) bond motifs is 1. The Morgan fingerprint density at radius 2 is 2.28 bits per heavy atom. The third kappa shape index (κ3) is 3.45. The molecule has 0 aliphatic rings. The van der Waals surface area contributed by atoms with Crippen LogP contribution in [-0.2, 0) is 0 Å². The van der Waals surface area contributed by atoms with Gasteiger partial charge in [-0.3, -0.25) is 0 Å². The summed E-state index contributed by atoms with van der Waals surface area (Å²) in [6.07, 6.45) is 2.47. The highest BCUT2D eigenvalue weighted by Gasteiger charge is 2.09. The van der Waals surface area contributed by atoms with Gasteiger partial charge in [-0.25, -0.2) is 4.98 Å². The van der Waals surface area contributed by atoms with Crippen molar-refractivity contribution in [2.75, 3.05) is 11.5 Å². The number of hydrogen-bond donors (Lipinski definition) is 2. The molecule has 1 aromatic heterocycles. The summed E-state index contributed by atoms with van der Waals surface area (Å²) < 4.78 is 0. The number of imidazole rings is 1. The molecule has 2 rings (SSSR count). The maximum absolute atomic E-state index is 4.60. The Morgan fingerprint density at radius 1 is 1.44 bits per heavy atom. The van der Waals surface area contributed by atoms with Crippen molar-refractivity contribution in [1.29, 1.82) is 0 Å². The largest absolute Gasteiger partial charge is 0.333 e. The van der Waals surface area contributed by atoms with Crippen LogP contribution in [0.15, 0.2) is 23.4 Å². The van der Waals surface area contributed by atoms with Crippen LogP contribution in [0.25, 0.3) is 11.0 Å². The second-order valence-corrected chi connectivity index (χ2v) is 6.08. The van der Waals surface area contributed by atoms with Gasteiger partial charge in [-0.15, -0.1) is 0 Å². The summed E-state index contributed by atoms with van der Waals surface area (Å²) in [5, 5.41) is 1.03. The van der Waals surface area contributed by atoms with E-state index in [1.54, 1.807) is 0 Å². The van der Waals surface area contributed by atoms with Crippen LogP contribution in [0.4, 0.5) is 0 Å². The standard InChI is InChI=1S/C14H20N2S2/c1-3-4-11(8-17)9-18-14-15-12-6-5-10(2)7-13(12)16-14/h5-7,11,17H,3-4,8-9H2,1-2H3,(H,15,16). The fourth-order valence-corrected chi connectivity index (χ4v) is 3.51. The lowest BCUT2D eigenvalue weighted by Crippen LogP contribution is -2.05. The van der Waals surface area contributed by atoms with Crippen LogP contribution in [0.5, 0.6) is 0 Å². The fraction of sp³-hybridized carbons (Fsp3) is 0.500. The van der Waals surface area contributed by atoms with Crippen LogP contribution >= 0.6 is 24.4 Å². The van der Waals surface area contributed by atoms with Crippen molar-refractivity contribution < 1.29 is 0 Å². The predicted octanol–water partition coefficient (Wildman–Crippen LogP) is 4.31. The van der Waals surface area contributed by atoms with Gasteiger partial charge in [0.15, 0.2) is 5.16 Å². The minimum absolute atomic E-state index is 0.679. The maximum Gasteiger partial charge on any atom is 0.166 e. The summed E-state index contributed by atoms with van der Waals surface area (Å²) in [6.45, 7) is 4.33. The molecule has 0 fully saturated rings. The molecule has 2 nitrogen and oxygen atoms in total.